The largest absolute Gasteiger partial charge is 0.349 e. The molecule has 5 heteroatoms. The summed E-state index contributed by atoms with van der Waals surface area (Å²) in [7, 11) is 0. The van der Waals surface area contributed by atoms with Gasteiger partial charge < -0.3 is 11.1 Å². The molecule has 1 fully saturated rings. The Morgan fingerprint density at radius 2 is 2.28 bits per heavy atom. The van der Waals surface area contributed by atoms with E-state index in [0.717, 1.165) is 31.2 Å². The van der Waals surface area contributed by atoms with Gasteiger partial charge in [-0.25, -0.2) is 0 Å². The number of carbonyl (C=O) groups excluding carboxylic acids is 1. The minimum Gasteiger partial charge on any atom is -0.349 e. The summed E-state index contributed by atoms with van der Waals surface area (Å²) in [6, 6.07) is -0.0178. The SMILES string of the molecule is CC(NC(=O)C1CCCCCC1N)c1cn[nH]c1. The maximum Gasteiger partial charge on any atom is 0.225 e. The van der Waals surface area contributed by atoms with Gasteiger partial charge in [0.1, 0.15) is 0 Å². The lowest BCUT2D eigenvalue weighted by molar-refractivity contribution is -0.126. The number of aromatic amines is 1. The van der Waals surface area contributed by atoms with E-state index in [1.54, 1.807) is 12.4 Å². The molecule has 1 amide bonds. The maximum absolute atomic E-state index is 12.2. The van der Waals surface area contributed by atoms with E-state index in [-0.39, 0.29) is 23.9 Å². The van der Waals surface area contributed by atoms with Crippen molar-refractivity contribution in [1.82, 2.24) is 15.5 Å². The Morgan fingerprint density at radius 1 is 1.50 bits per heavy atom. The molecule has 0 saturated heterocycles. The van der Waals surface area contributed by atoms with E-state index in [4.69, 9.17) is 5.73 Å². The molecule has 100 valence electrons. The second kappa shape index (κ2) is 6.00. The van der Waals surface area contributed by atoms with Gasteiger partial charge in [-0.2, -0.15) is 5.10 Å². The molecule has 1 heterocycles. The van der Waals surface area contributed by atoms with Gasteiger partial charge in [-0.3, -0.25) is 9.89 Å². The zero-order valence-corrected chi connectivity index (χ0v) is 10.9. The third kappa shape index (κ3) is 3.10. The highest BCUT2D eigenvalue weighted by Crippen LogP contribution is 2.23. The second-order valence-corrected chi connectivity index (χ2v) is 5.17. The number of nitrogens with two attached hydrogens (primary N) is 1. The van der Waals surface area contributed by atoms with Crippen LogP contribution in [-0.2, 0) is 4.79 Å². The normalized spacial score (nSPS) is 26.3. The number of amides is 1. The zero-order chi connectivity index (χ0) is 13.0. The maximum atomic E-state index is 12.2. The number of hydrogen-bond donors (Lipinski definition) is 3. The van der Waals surface area contributed by atoms with Crippen LogP contribution in [0.25, 0.3) is 0 Å². The first kappa shape index (κ1) is 13.1. The molecular weight excluding hydrogens is 228 g/mol. The molecule has 3 unspecified atom stereocenters. The van der Waals surface area contributed by atoms with E-state index in [0.29, 0.717) is 0 Å². The third-order valence-corrected chi connectivity index (χ3v) is 3.78. The Morgan fingerprint density at radius 3 is 3.00 bits per heavy atom. The minimum absolute atomic E-state index is 0.00375. The first-order chi connectivity index (χ1) is 8.68. The Balaban J connectivity index is 1.94. The van der Waals surface area contributed by atoms with Crippen LogP contribution >= 0.6 is 0 Å². The average molecular weight is 250 g/mol. The van der Waals surface area contributed by atoms with Gasteiger partial charge in [0.2, 0.25) is 5.91 Å². The monoisotopic (exact) mass is 250 g/mol. The summed E-state index contributed by atoms with van der Waals surface area (Å²) in [5.74, 6) is 0.0416. The Hall–Kier alpha value is -1.36. The van der Waals surface area contributed by atoms with Gasteiger partial charge in [0.15, 0.2) is 0 Å². The quantitative estimate of drug-likeness (QED) is 0.711. The van der Waals surface area contributed by atoms with Gasteiger partial charge in [-0.15, -0.1) is 0 Å². The summed E-state index contributed by atoms with van der Waals surface area (Å²) in [6.45, 7) is 1.96. The molecule has 5 nitrogen and oxygen atoms in total. The number of nitrogens with one attached hydrogen (secondary N) is 2. The molecule has 1 saturated carbocycles. The highest BCUT2D eigenvalue weighted by Gasteiger charge is 2.27. The Labute approximate surface area is 108 Å². The fraction of sp³-hybridized carbons (Fsp3) is 0.692. The van der Waals surface area contributed by atoms with Crippen molar-refractivity contribution in [3.05, 3.63) is 18.0 Å². The molecule has 4 N–H and O–H groups in total. The molecule has 2 rings (SSSR count). The fourth-order valence-electron chi connectivity index (χ4n) is 2.56. The van der Waals surface area contributed by atoms with Crippen LogP contribution in [0.15, 0.2) is 12.4 Å². The molecule has 18 heavy (non-hydrogen) atoms. The molecule has 0 bridgehead atoms. The summed E-state index contributed by atoms with van der Waals surface area (Å²) in [5, 5.41) is 9.68. The molecule has 1 aromatic rings. The van der Waals surface area contributed by atoms with Gasteiger partial charge >= 0.3 is 0 Å². The van der Waals surface area contributed by atoms with Gasteiger partial charge in [-0.1, -0.05) is 19.3 Å². The second-order valence-electron chi connectivity index (χ2n) is 5.17. The van der Waals surface area contributed by atoms with Crippen molar-refractivity contribution in [2.45, 2.75) is 51.1 Å². The minimum atomic E-state index is -0.0400. The fourth-order valence-corrected chi connectivity index (χ4v) is 2.56. The third-order valence-electron chi connectivity index (χ3n) is 3.78. The van der Waals surface area contributed by atoms with Crippen LogP contribution in [0.3, 0.4) is 0 Å². The van der Waals surface area contributed by atoms with Gasteiger partial charge in [0.25, 0.3) is 0 Å². The van der Waals surface area contributed by atoms with Crippen LogP contribution in [0.1, 0.15) is 50.6 Å². The Bertz CT molecular complexity index is 376. The molecule has 0 radical (unpaired) electrons. The molecule has 0 aromatic carbocycles. The number of nitrogens with zero attached hydrogens (tertiary/aromatic N) is 1. The predicted molar refractivity (Wildman–Crippen MR) is 69.7 cm³/mol. The van der Waals surface area contributed by atoms with Gasteiger partial charge in [-0.05, 0) is 19.8 Å². The van der Waals surface area contributed by atoms with Crippen LogP contribution in [0.2, 0.25) is 0 Å². The summed E-state index contributed by atoms with van der Waals surface area (Å²) in [4.78, 5) is 12.2. The molecule has 1 aliphatic rings. The Kier molecular flexibility index (Phi) is 4.36. The predicted octanol–water partition coefficient (Wildman–Crippen LogP) is 1.49. The lowest BCUT2D eigenvalue weighted by atomic mass is 9.94. The van der Waals surface area contributed by atoms with Crippen molar-refractivity contribution in [3.63, 3.8) is 0 Å². The van der Waals surface area contributed by atoms with E-state index in [2.05, 4.69) is 15.5 Å². The van der Waals surface area contributed by atoms with Crippen molar-refractivity contribution in [2.75, 3.05) is 0 Å². The molecule has 1 aliphatic carbocycles. The molecule has 3 atom stereocenters. The number of hydrogen-bond acceptors (Lipinski definition) is 3. The van der Waals surface area contributed by atoms with Crippen LogP contribution in [-0.4, -0.2) is 22.1 Å². The summed E-state index contributed by atoms with van der Waals surface area (Å²) in [5.41, 5.74) is 7.09. The summed E-state index contributed by atoms with van der Waals surface area (Å²) < 4.78 is 0. The van der Waals surface area contributed by atoms with Crippen molar-refractivity contribution in [3.8, 4) is 0 Å². The summed E-state index contributed by atoms with van der Waals surface area (Å²) >= 11 is 0. The first-order valence-corrected chi connectivity index (χ1v) is 6.73. The standard InChI is InChI=1S/C13H22N4O/c1-9(10-7-15-16-8-10)17-13(18)11-5-3-2-4-6-12(11)14/h7-9,11-12H,2-6,14H2,1H3,(H,15,16)(H,17,18). The van der Waals surface area contributed by atoms with E-state index in [1.807, 2.05) is 6.92 Å². The van der Waals surface area contributed by atoms with Gasteiger partial charge in [0, 0.05) is 17.8 Å². The van der Waals surface area contributed by atoms with E-state index < -0.39 is 0 Å². The topological polar surface area (TPSA) is 83.8 Å². The van der Waals surface area contributed by atoms with Crippen molar-refractivity contribution in [2.24, 2.45) is 11.7 Å². The van der Waals surface area contributed by atoms with Crippen LogP contribution < -0.4 is 11.1 Å². The van der Waals surface area contributed by atoms with E-state index >= 15 is 0 Å². The molecule has 0 aliphatic heterocycles. The highest BCUT2D eigenvalue weighted by atomic mass is 16.2. The van der Waals surface area contributed by atoms with E-state index in [9.17, 15) is 4.79 Å². The van der Waals surface area contributed by atoms with Crippen molar-refractivity contribution < 1.29 is 4.79 Å². The molecular formula is C13H22N4O. The molecule has 1 aromatic heterocycles. The zero-order valence-electron chi connectivity index (χ0n) is 10.9. The number of carbonyl (C=O) groups is 1. The summed E-state index contributed by atoms with van der Waals surface area (Å²) in [6.07, 6.45) is 8.84. The first-order valence-electron chi connectivity index (χ1n) is 6.73. The lowest BCUT2D eigenvalue weighted by Gasteiger charge is -2.22. The van der Waals surface area contributed by atoms with Crippen LogP contribution in [0.5, 0.6) is 0 Å². The number of rotatable bonds is 3. The smallest absolute Gasteiger partial charge is 0.225 e. The average Bonchev–Trinajstić information content (AvgIpc) is 2.79. The molecule has 0 spiro atoms. The van der Waals surface area contributed by atoms with Crippen molar-refractivity contribution in [1.29, 1.82) is 0 Å². The number of aromatic nitrogens is 2. The highest BCUT2D eigenvalue weighted by molar-refractivity contribution is 5.79. The van der Waals surface area contributed by atoms with Crippen molar-refractivity contribution >= 4 is 5.91 Å². The lowest BCUT2D eigenvalue weighted by Crippen LogP contribution is -2.42. The van der Waals surface area contributed by atoms with Crippen LogP contribution in [0, 0.1) is 5.92 Å². The van der Waals surface area contributed by atoms with Gasteiger partial charge in [0.05, 0.1) is 18.2 Å². The van der Waals surface area contributed by atoms with E-state index in [1.165, 1.54) is 6.42 Å². The number of H-pyrrole nitrogens is 1. The van der Waals surface area contributed by atoms with Crippen LogP contribution in [0.4, 0.5) is 0 Å².